The molecule has 2 rings (SSSR count). The summed E-state index contributed by atoms with van der Waals surface area (Å²) < 4.78 is 8.03. The Labute approximate surface area is 109 Å². The van der Waals surface area contributed by atoms with Crippen LogP contribution in [0, 0.1) is 19.8 Å². The van der Waals surface area contributed by atoms with Crippen LogP contribution in [0.3, 0.4) is 0 Å². The highest BCUT2D eigenvalue weighted by molar-refractivity contribution is 9.10. The fraction of sp³-hybridized carbons (Fsp3) is 0.667. The minimum Gasteiger partial charge on any atom is -0.381 e. The summed E-state index contributed by atoms with van der Waals surface area (Å²) in [6, 6.07) is 0. The van der Waals surface area contributed by atoms with Crippen molar-refractivity contribution in [3.05, 3.63) is 26.3 Å². The van der Waals surface area contributed by atoms with Crippen LogP contribution in [-0.2, 0) is 11.3 Å². The highest BCUT2D eigenvalue weighted by atomic mass is 79.9. The molecule has 5 heteroatoms. The lowest BCUT2D eigenvalue weighted by molar-refractivity contribution is 0.0606. The molecule has 1 aliphatic rings. The molecule has 4 nitrogen and oxygen atoms in total. The lowest BCUT2D eigenvalue weighted by Gasteiger charge is -2.23. The summed E-state index contributed by atoms with van der Waals surface area (Å²) in [5.74, 6) is 0.525. The monoisotopic (exact) mass is 300 g/mol. The third-order valence-electron chi connectivity index (χ3n) is 3.32. The second-order valence-electron chi connectivity index (χ2n) is 4.55. The summed E-state index contributed by atoms with van der Waals surface area (Å²) in [4.78, 5) is 15.9. The van der Waals surface area contributed by atoms with Crippen LogP contribution < -0.4 is 5.69 Å². The van der Waals surface area contributed by atoms with Crippen LogP contribution in [0.1, 0.15) is 24.2 Å². The Balaban J connectivity index is 2.26. The highest BCUT2D eigenvalue weighted by Gasteiger charge is 2.17. The third kappa shape index (κ3) is 2.77. The van der Waals surface area contributed by atoms with E-state index in [0.29, 0.717) is 5.92 Å². The molecular weight excluding hydrogens is 284 g/mol. The second kappa shape index (κ2) is 5.31. The van der Waals surface area contributed by atoms with Gasteiger partial charge < -0.3 is 4.74 Å². The summed E-state index contributed by atoms with van der Waals surface area (Å²) >= 11 is 3.48. The molecule has 2 heterocycles. The van der Waals surface area contributed by atoms with Gasteiger partial charge in [0.1, 0.15) is 0 Å². The van der Waals surface area contributed by atoms with Crippen LogP contribution in [0.15, 0.2) is 9.27 Å². The van der Waals surface area contributed by atoms with Crippen molar-refractivity contribution in [3.63, 3.8) is 0 Å². The Hall–Kier alpha value is -0.680. The van der Waals surface area contributed by atoms with E-state index >= 15 is 0 Å². The predicted molar refractivity (Wildman–Crippen MR) is 69.2 cm³/mol. The number of aromatic nitrogens is 2. The van der Waals surface area contributed by atoms with E-state index < -0.39 is 0 Å². The van der Waals surface area contributed by atoms with Gasteiger partial charge in [0.2, 0.25) is 0 Å². The van der Waals surface area contributed by atoms with E-state index in [-0.39, 0.29) is 5.69 Å². The van der Waals surface area contributed by atoms with Crippen molar-refractivity contribution >= 4 is 15.9 Å². The Morgan fingerprint density at radius 3 is 2.71 bits per heavy atom. The van der Waals surface area contributed by atoms with E-state index in [1.54, 1.807) is 4.57 Å². The van der Waals surface area contributed by atoms with Crippen molar-refractivity contribution in [2.75, 3.05) is 13.2 Å². The number of halogens is 1. The molecule has 0 atom stereocenters. The first-order valence-electron chi connectivity index (χ1n) is 5.91. The van der Waals surface area contributed by atoms with Gasteiger partial charge in [0.05, 0.1) is 10.2 Å². The van der Waals surface area contributed by atoms with Crippen LogP contribution >= 0.6 is 15.9 Å². The summed E-state index contributed by atoms with van der Waals surface area (Å²) in [6.45, 7) is 6.16. The maximum absolute atomic E-state index is 11.9. The van der Waals surface area contributed by atoms with Gasteiger partial charge in [0.15, 0.2) is 0 Å². The Morgan fingerprint density at radius 2 is 2.06 bits per heavy atom. The van der Waals surface area contributed by atoms with Gasteiger partial charge in [-0.15, -0.1) is 0 Å². The fourth-order valence-corrected chi connectivity index (χ4v) is 2.48. The summed E-state index contributed by atoms with van der Waals surface area (Å²) in [5.41, 5.74) is 1.58. The molecule has 17 heavy (non-hydrogen) atoms. The Morgan fingerprint density at radius 1 is 1.41 bits per heavy atom. The minimum absolute atomic E-state index is 0.144. The number of hydrogen-bond acceptors (Lipinski definition) is 3. The van der Waals surface area contributed by atoms with Crippen molar-refractivity contribution in [1.82, 2.24) is 9.55 Å². The van der Waals surface area contributed by atoms with Gasteiger partial charge in [-0.1, -0.05) is 0 Å². The smallest absolute Gasteiger partial charge is 0.348 e. The van der Waals surface area contributed by atoms with Crippen molar-refractivity contribution < 1.29 is 4.74 Å². The van der Waals surface area contributed by atoms with E-state index in [2.05, 4.69) is 20.9 Å². The first kappa shape index (κ1) is 12.8. The zero-order chi connectivity index (χ0) is 12.4. The normalized spacial score (nSPS) is 17.4. The number of ether oxygens (including phenoxy) is 1. The maximum atomic E-state index is 11.9. The van der Waals surface area contributed by atoms with Crippen LogP contribution in [0.25, 0.3) is 0 Å². The quantitative estimate of drug-likeness (QED) is 0.840. The molecule has 0 amide bonds. The molecule has 94 valence electrons. The summed E-state index contributed by atoms with van der Waals surface area (Å²) in [6.07, 6.45) is 2.05. The molecule has 1 aromatic heterocycles. The van der Waals surface area contributed by atoms with Crippen LogP contribution in [-0.4, -0.2) is 22.8 Å². The highest BCUT2D eigenvalue weighted by Crippen LogP contribution is 2.20. The molecular formula is C12H17BrN2O2. The average Bonchev–Trinajstić information content (AvgIpc) is 2.33. The van der Waals surface area contributed by atoms with E-state index in [9.17, 15) is 4.79 Å². The number of rotatable bonds is 2. The summed E-state index contributed by atoms with van der Waals surface area (Å²) in [5, 5.41) is 0. The molecule has 0 spiro atoms. The standard InChI is InChI=1S/C12H17BrN2O2/c1-8-11(13)9(2)15(12(16)14-8)7-10-3-5-17-6-4-10/h10H,3-7H2,1-2H3. The maximum Gasteiger partial charge on any atom is 0.348 e. The zero-order valence-electron chi connectivity index (χ0n) is 10.2. The lowest BCUT2D eigenvalue weighted by atomic mass is 10.0. The van der Waals surface area contributed by atoms with Gasteiger partial charge in [-0.05, 0) is 48.5 Å². The lowest BCUT2D eigenvalue weighted by Crippen LogP contribution is -2.31. The molecule has 0 aliphatic carbocycles. The Kier molecular flexibility index (Phi) is 3.99. The molecule has 0 aromatic carbocycles. The van der Waals surface area contributed by atoms with Crippen molar-refractivity contribution in [2.45, 2.75) is 33.2 Å². The molecule has 0 radical (unpaired) electrons. The second-order valence-corrected chi connectivity index (χ2v) is 5.34. The summed E-state index contributed by atoms with van der Waals surface area (Å²) in [7, 11) is 0. The van der Waals surface area contributed by atoms with Crippen LogP contribution in [0.5, 0.6) is 0 Å². The molecule has 1 aliphatic heterocycles. The van der Waals surface area contributed by atoms with Crippen molar-refractivity contribution in [3.8, 4) is 0 Å². The number of nitrogens with zero attached hydrogens (tertiary/aromatic N) is 2. The average molecular weight is 301 g/mol. The van der Waals surface area contributed by atoms with E-state index in [4.69, 9.17) is 4.74 Å². The molecule has 0 N–H and O–H groups in total. The topological polar surface area (TPSA) is 44.1 Å². The number of hydrogen-bond donors (Lipinski definition) is 0. The minimum atomic E-state index is -0.144. The zero-order valence-corrected chi connectivity index (χ0v) is 11.8. The van der Waals surface area contributed by atoms with Crippen LogP contribution in [0.2, 0.25) is 0 Å². The third-order valence-corrected chi connectivity index (χ3v) is 4.46. The van der Waals surface area contributed by atoms with E-state index in [1.807, 2.05) is 13.8 Å². The SMILES string of the molecule is Cc1nc(=O)n(CC2CCOCC2)c(C)c1Br. The molecule has 0 unspecified atom stereocenters. The first-order valence-corrected chi connectivity index (χ1v) is 6.70. The van der Waals surface area contributed by atoms with Gasteiger partial charge in [0.25, 0.3) is 0 Å². The van der Waals surface area contributed by atoms with Gasteiger partial charge in [0, 0.05) is 25.5 Å². The largest absolute Gasteiger partial charge is 0.381 e. The van der Waals surface area contributed by atoms with E-state index in [0.717, 1.165) is 48.5 Å². The number of aryl methyl sites for hydroxylation is 1. The van der Waals surface area contributed by atoms with Crippen molar-refractivity contribution in [2.24, 2.45) is 5.92 Å². The van der Waals surface area contributed by atoms with Gasteiger partial charge in [-0.3, -0.25) is 4.57 Å². The molecule has 0 bridgehead atoms. The Bertz CT molecular complexity index is 464. The molecule has 1 fully saturated rings. The first-order chi connectivity index (χ1) is 8.09. The molecule has 1 aromatic rings. The van der Waals surface area contributed by atoms with Crippen LogP contribution in [0.4, 0.5) is 0 Å². The fourth-order valence-electron chi connectivity index (χ4n) is 2.18. The van der Waals surface area contributed by atoms with Gasteiger partial charge >= 0.3 is 5.69 Å². The van der Waals surface area contributed by atoms with E-state index in [1.165, 1.54) is 0 Å². The molecule has 0 saturated carbocycles. The predicted octanol–water partition coefficient (Wildman–Crippen LogP) is 2.05. The van der Waals surface area contributed by atoms with Gasteiger partial charge in [-0.25, -0.2) is 4.79 Å². The van der Waals surface area contributed by atoms with Gasteiger partial charge in [-0.2, -0.15) is 4.98 Å². The molecule has 1 saturated heterocycles. The van der Waals surface area contributed by atoms with Crippen molar-refractivity contribution in [1.29, 1.82) is 0 Å².